The molecule has 2 aromatic carbocycles. The van der Waals surface area contributed by atoms with Gasteiger partial charge in [-0.2, -0.15) is 5.26 Å². The highest BCUT2D eigenvalue weighted by atomic mass is 79.9. The van der Waals surface area contributed by atoms with E-state index >= 15 is 0 Å². The Labute approximate surface area is 154 Å². The molecular formula is C19H16BrN3O2. The van der Waals surface area contributed by atoms with Crippen LogP contribution in [0.4, 0.5) is 11.4 Å². The van der Waals surface area contributed by atoms with Crippen LogP contribution in [0.2, 0.25) is 0 Å². The summed E-state index contributed by atoms with van der Waals surface area (Å²) in [6.07, 6.45) is 0.140. The van der Waals surface area contributed by atoms with E-state index in [-0.39, 0.29) is 24.8 Å². The molecule has 0 saturated carbocycles. The lowest BCUT2D eigenvalue weighted by Gasteiger charge is -2.18. The molecule has 1 atom stereocenters. The summed E-state index contributed by atoms with van der Waals surface area (Å²) in [5.41, 5.74) is 2.67. The van der Waals surface area contributed by atoms with Gasteiger partial charge in [0.25, 0.3) is 0 Å². The highest BCUT2D eigenvalue weighted by Crippen LogP contribution is 2.29. The largest absolute Gasteiger partial charge is 0.326 e. The Morgan fingerprint density at radius 2 is 2.08 bits per heavy atom. The molecule has 1 saturated heterocycles. The molecule has 3 rings (SSSR count). The SMILES string of the molecule is Cc1cc(Br)ccc1NC(=O)C1CC(=O)N(c2ccccc2C#N)C1. The summed E-state index contributed by atoms with van der Waals surface area (Å²) in [4.78, 5) is 26.4. The van der Waals surface area contributed by atoms with Crippen molar-refractivity contribution in [2.75, 3.05) is 16.8 Å². The van der Waals surface area contributed by atoms with Gasteiger partial charge in [-0.25, -0.2) is 0 Å². The molecule has 0 aromatic heterocycles. The van der Waals surface area contributed by atoms with E-state index in [1.165, 1.54) is 4.90 Å². The topological polar surface area (TPSA) is 73.2 Å². The van der Waals surface area contributed by atoms with Crippen molar-refractivity contribution in [1.82, 2.24) is 0 Å². The van der Waals surface area contributed by atoms with Crippen molar-refractivity contribution < 1.29 is 9.59 Å². The summed E-state index contributed by atoms with van der Waals surface area (Å²) in [5.74, 6) is -0.770. The number of carbonyl (C=O) groups excluding carboxylic acids is 2. The smallest absolute Gasteiger partial charge is 0.229 e. The Morgan fingerprint density at radius 3 is 2.80 bits per heavy atom. The highest BCUT2D eigenvalue weighted by molar-refractivity contribution is 9.10. The van der Waals surface area contributed by atoms with Crippen molar-refractivity contribution in [2.24, 2.45) is 5.92 Å². The average Bonchev–Trinajstić information content (AvgIpc) is 2.99. The fraction of sp³-hybridized carbons (Fsp3) is 0.211. The Hall–Kier alpha value is -2.65. The maximum atomic E-state index is 12.6. The van der Waals surface area contributed by atoms with Gasteiger partial charge in [-0.15, -0.1) is 0 Å². The normalized spacial score (nSPS) is 16.6. The van der Waals surface area contributed by atoms with E-state index in [9.17, 15) is 14.9 Å². The fourth-order valence-electron chi connectivity index (χ4n) is 2.92. The van der Waals surface area contributed by atoms with Crippen LogP contribution in [-0.2, 0) is 9.59 Å². The molecule has 2 aromatic rings. The molecule has 0 spiro atoms. The third kappa shape index (κ3) is 3.57. The molecule has 126 valence electrons. The van der Waals surface area contributed by atoms with Crippen molar-refractivity contribution in [2.45, 2.75) is 13.3 Å². The molecule has 2 amide bonds. The van der Waals surface area contributed by atoms with E-state index in [0.29, 0.717) is 11.3 Å². The van der Waals surface area contributed by atoms with E-state index in [1.807, 2.05) is 25.1 Å². The zero-order chi connectivity index (χ0) is 18.0. The summed E-state index contributed by atoms with van der Waals surface area (Å²) in [7, 11) is 0. The zero-order valence-electron chi connectivity index (χ0n) is 13.6. The molecule has 1 unspecified atom stereocenters. The third-order valence-corrected chi connectivity index (χ3v) is 4.75. The van der Waals surface area contributed by atoms with Crippen LogP contribution in [0.1, 0.15) is 17.5 Å². The maximum Gasteiger partial charge on any atom is 0.229 e. The second kappa shape index (κ2) is 7.08. The van der Waals surface area contributed by atoms with Crippen LogP contribution in [0.25, 0.3) is 0 Å². The number of amides is 2. The Bertz CT molecular complexity index is 888. The number of hydrogen-bond acceptors (Lipinski definition) is 3. The Balaban J connectivity index is 1.76. The van der Waals surface area contributed by atoms with Gasteiger partial charge in [-0.3, -0.25) is 9.59 Å². The van der Waals surface area contributed by atoms with Gasteiger partial charge in [0.2, 0.25) is 11.8 Å². The van der Waals surface area contributed by atoms with Crippen LogP contribution in [0.15, 0.2) is 46.9 Å². The standard InChI is InChI=1S/C19H16BrN3O2/c1-12-8-15(20)6-7-16(12)22-19(25)14-9-18(24)23(11-14)17-5-3-2-4-13(17)10-21/h2-8,14H,9,11H2,1H3,(H,22,25). The molecular weight excluding hydrogens is 382 g/mol. The van der Waals surface area contributed by atoms with Crippen molar-refractivity contribution in [3.8, 4) is 6.07 Å². The van der Waals surface area contributed by atoms with Gasteiger partial charge in [-0.05, 0) is 42.8 Å². The van der Waals surface area contributed by atoms with Gasteiger partial charge in [0, 0.05) is 23.1 Å². The molecule has 1 aliphatic heterocycles. The van der Waals surface area contributed by atoms with Crippen molar-refractivity contribution in [3.63, 3.8) is 0 Å². The first-order valence-electron chi connectivity index (χ1n) is 7.86. The second-order valence-corrected chi connectivity index (χ2v) is 6.90. The van der Waals surface area contributed by atoms with Crippen LogP contribution in [0.3, 0.4) is 0 Å². The van der Waals surface area contributed by atoms with Gasteiger partial charge in [0.05, 0.1) is 17.2 Å². The van der Waals surface area contributed by atoms with Gasteiger partial charge >= 0.3 is 0 Å². The molecule has 25 heavy (non-hydrogen) atoms. The van der Waals surface area contributed by atoms with Crippen molar-refractivity contribution in [3.05, 3.63) is 58.1 Å². The molecule has 0 aliphatic carbocycles. The maximum absolute atomic E-state index is 12.6. The summed E-state index contributed by atoms with van der Waals surface area (Å²) in [5, 5.41) is 12.1. The van der Waals surface area contributed by atoms with Crippen LogP contribution in [-0.4, -0.2) is 18.4 Å². The summed E-state index contributed by atoms with van der Waals surface area (Å²) in [6, 6.07) is 14.6. The monoisotopic (exact) mass is 397 g/mol. The first-order chi connectivity index (χ1) is 12.0. The lowest BCUT2D eigenvalue weighted by atomic mass is 10.1. The third-order valence-electron chi connectivity index (χ3n) is 4.26. The number of halogens is 1. The van der Waals surface area contributed by atoms with E-state index < -0.39 is 5.92 Å². The van der Waals surface area contributed by atoms with E-state index in [0.717, 1.165) is 15.7 Å². The lowest BCUT2D eigenvalue weighted by molar-refractivity contribution is -0.122. The predicted molar refractivity (Wildman–Crippen MR) is 99.1 cm³/mol. The molecule has 0 radical (unpaired) electrons. The van der Waals surface area contributed by atoms with Crippen LogP contribution in [0, 0.1) is 24.2 Å². The van der Waals surface area contributed by atoms with Crippen LogP contribution < -0.4 is 10.2 Å². The minimum absolute atomic E-state index is 0.140. The number of nitrogens with zero attached hydrogens (tertiary/aromatic N) is 2. The number of anilines is 2. The predicted octanol–water partition coefficient (Wildman–Crippen LogP) is 3.62. The number of para-hydroxylation sites is 1. The molecule has 1 aliphatic rings. The number of carbonyl (C=O) groups is 2. The van der Waals surface area contributed by atoms with Crippen molar-refractivity contribution in [1.29, 1.82) is 5.26 Å². The quantitative estimate of drug-likeness (QED) is 0.859. The number of benzene rings is 2. The summed E-state index contributed by atoms with van der Waals surface area (Å²) >= 11 is 3.39. The number of nitriles is 1. The molecule has 1 fully saturated rings. The Morgan fingerprint density at radius 1 is 1.32 bits per heavy atom. The number of aryl methyl sites for hydroxylation is 1. The average molecular weight is 398 g/mol. The van der Waals surface area contributed by atoms with Gasteiger partial charge < -0.3 is 10.2 Å². The van der Waals surface area contributed by atoms with Gasteiger partial charge in [0.15, 0.2) is 0 Å². The first kappa shape index (κ1) is 17.2. The lowest BCUT2D eigenvalue weighted by Crippen LogP contribution is -2.28. The Kier molecular flexibility index (Phi) is 4.86. The molecule has 0 bridgehead atoms. The van der Waals surface area contributed by atoms with Crippen molar-refractivity contribution >= 4 is 39.1 Å². The first-order valence-corrected chi connectivity index (χ1v) is 8.65. The minimum atomic E-state index is -0.442. The van der Waals surface area contributed by atoms with Gasteiger partial charge in [-0.1, -0.05) is 28.1 Å². The number of rotatable bonds is 3. The molecule has 5 nitrogen and oxygen atoms in total. The zero-order valence-corrected chi connectivity index (χ0v) is 15.2. The van der Waals surface area contributed by atoms with Gasteiger partial charge in [0.1, 0.15) is 6.07 Å². The van der Waals surface area contributed by atoms with E-state index in [1.54, 1.807) is 24.3 Å². The summed E-state index contributed by atoms with van der Waals surface area (Å²) < 4.78 is 0.943. The van der Waals surface area contributed by atoms with E-state index in [2.05, 4.69) is 27.3 Å². The summed E-state index contributed by atoms with van der Waals surface area (Å²) in [6.45, 7) is 2.19. The minimum Gasteiger partial charge on any atom is -0.326 e. The highest BCUT2D eigenvalue weighted by Gasteiger charge is 2.36. The van der Waals surface area contributed by atoms with Crippen LogP contribution in [0.5, 0.6) is 0 Å². The second-order valence-electron chi connectivity index (χ2n) is 5.98. The molecule has 1 heterocycles. The number of nitrogens with one attached hydrogen (secondary N) is 1. The van der Waals surface area contributed by atoms with E-state index in [4.69, 9.17) is 0 Å². The fourth-order valence-corrected chi connectivity index (χ4v) is 3.40. The molecule has 1 N–H and O–H groups in total. The number of hydrogen-bond donors (Lipinski definition) is 1. The van der Waals surface area contributed by atoms with Crippen LogP contribution >= 0.6 is 15.9 Å². The molecule has 6 heteroatoms.